The second-order valence-electron chi connectivity index (χ2n) is 3.08. The average molecular weight is 255 g/mol. The zero-order valence-electron chi connectivity index (χ0n) is 8.60. The van der Waals surface area contributed by atoms with Gasteiger partial charge >= 0.3 is 5.97 Å². The Kier molecular flexibility index (Phi) is 6.78. The number of aliphatic hydroxyl groups is 1. The van der Waals surface area contributed by atoms with Gasteiger partial charge in [0.2, 0.25) is 0 Å². The van der Waals surface area contributed by atoms with E-state index in [0.29, 0.717) is 0 Å². The molecule has 0 radical (unpaired) electrons. The molecule has 0 fully saturated rings. The van der Waals surface area contributed by atoms with E-state index in [2.05, 4.69) is 5.16 Å². The molecule has 0 aromatic rings. The lowest BCUT2D eigenvalue weighted by Gasteiger charge is -2.29. The summed E-state index contributed by atoms with van der Waals surface area (Å²) in [4.78, 5) is 10.5. The van der Waals surface area contributed by atoms with Crippen LogP contribution in [0, 0.1) is 0 Å². The van der Waals surface area contributed by atoms with E-state index in [1.54, 1.807) is 0 Å². The number of halogens is 1. The quantitative estimate of drug-likeness (QED) is 0.153. The third-order valence-corrected chi connectivity index (χ3v) is 2.43. The number of nitrogens with two attached hydrogens (primary N) is 1. The van der Waals surface area contributed by atoms with E-state index in [4.69, 9.17) is 37.5 Å². The summed E-state index contributed by atoms with van der Waals surface area (Å²) in [5.74, 6) is -1.53. The number of nitrogens with zero attached hydrogens (tertiary/aromatic N) is 1. The Labute approximate surface area is 97.4 Å². The second kappa shape index (κ2) is 7.26. The molecule has 0 saturated heterocycles. The molecule has 0 aromatic carbocycles. The Morgan fingerprint density at radius 1 is 1.56 bits per heavy atom. The molecule has 0 aromatic heterocycles. The molecule has 1 unspecified atom stereocenters. The van der Waals surface area contributed by atoms with Crippen molar-refractivity contribution in [3.8, 4) is 0 Å². The summed E-state index contributed by atoms with van der Waals surface area (Å²) in [6.07, 6.45) is -0.282. The fraction of sp³-hybridized carbons (Fsp3) is 0.750. The lowest BCUT2D eigenvalue weighted by Crippen LogP contribution is -2.49. The third-order valence-electron chi connectivity index (χ3n) is 2.00. The van der Waals surface area contributed by atoms with E-state index >= 15 is 0 Å². The largest absolute Gasteiger partial charge is 0.481 e. The summed E-state index contributed by atoms with van der Waals surface area (Å²) >= 11 is 5.65. The van der Waals surface area contributed by atoms with Crippen molar-refractivity contribution in [2.75, 3.05) is 19.1 Å². The van der Waals surface area contributed by atoms with Gasteiger partial charge in [-0.05, 0) is 6.42 Å². The van der Waals surface area contributed by atoms with Crippen molar-refractivity contribution in [1.82, 2.24) is 0 Å². The molecule has 0 rings (SSSR count). The lowest BCUT2D eigenvalue weighted by molar-refractivity contribution is -0.138. The van der Waals surface area contributed by atoms with Crippen LogP contribution in [0.25, 0.3) is 0 Å². The number of carbonyl (C=O) groups is 1. The first-order valence-electron chi connectivity index (χ1n) is 4.53. The first-order chi connectivity index (χ1) is 7.52. The predicted molar refractivity (Wildman–Crippen MR) is 56.8 cm³/mol. The molecule has 5 N–H and O–H groups in total. The van der Waals surface area contributed by atoms with Gasteiger partial charge in [-0.1, -0.05) is 5.16 Å². The van der Waals surface area contributed by atoms with E-state index in [0.717, 1.165) is 0 Å². The van der Waals surface area contributed by atoms with Crippen LogP contribution >= 0.6 is 11.6 Å². The van der Waals surface area contributed by atoms with Crippen LogP contribution in [0.1, 0.15) is 12.8 Å². The number of alkyl halides is 1. The van der Waals surface area contributed by atoms with E-state index in [9.17, 15) is 4.79 Å². The van der Waals surface area contributed by atoms with Crippen molar-refractivity contribution >= 4 is 23.4 Å². The Morgan fingerprint density at radius 3 is 2.56 bits per heavy atom. The van der Waals surface area contributed by atoms with Crippen molar-refractivity contribution in [3.05, 3.63) is 0 Å². The predicted octanol–water partition coefficient (Wildman–Crippen LogP) is -0.416. The van der Waals surface area contributed by atoms with Crippen LogP contribution in [0.4, 0.5) is 0 Å². The Balaban J connectivity index is 4.73. The van der Waals surface area contributed by atoms with Crippen molar-refractivity contribution < 1.29 is 25.0 Å². The van der Waals surface area contributed by atoms with Gasteiger partial charge in [0.1, 0.15) is 5.60 Å². The summed E-state index contributed by atoms with van der Waals surface area (Å²) in [6.45, 7) is -0.354. The molecular weight excluding hydrogens is 240 g/mol. The third kappa shape index (κ3) is 4.21. The van der Waals surface area contributed by atoms with Crippen molar-refractivity contribution in [1.29, 1.82) is 0 Å². The monoisotopic (exact) mass is 254 g/mol. The van der Waals surface area contributed by atoms with Crippen LogP contribution < -0.4 is 5.73 Å². The highest BCUT2D eigenvalue weighted by Gasteiger charge is 2.36. The minimum Gasteiger partial charge on any atom is -0.481 e. The smallest absolute Gasteiger partial charge is 0.303 e. The number of amidine groups is 1. The van der Waals surface area contributed by atoms with Crippen LogP contribution in [-0.4, -0.2) is 51.9 Å². The van der Waals surface area contributed by atoms with Gasteiger partial charge in [0.05, 0.1) is 19.1 Å². The van der Waals surface area contributed by atoms with Crippen molar-refractivity contribution in [2.45, 2.75) is 18.4 Å². The normalized spacial score (nSPS) is 15.8. The zero-order valence-corrected chi connectivity index (χ0v) is 9.35. The van der Waals surface area contributed by atoms with Gasteiger partial charge in [-0.2, -0.15) is 0 Å². The maximum Gasteiger partial charge on any atom is 0.303 e. The molecule has 7 nitrogen and oxygen atoms in total. The lowest BCUT2D eigenvalue weighted by atomic mass is 9.98. The summed E-state index contributed by atoms with van der Waals surface area (Å²) in [6, 6.07) is 0. The Bertz CT molecular complexity index is 261. The number of rotatable bonds is 8. The number of carboxylic acids is 1. The van der Waals surface area contributed by atoms with Crippen molar-refractivity contribution in [2.24, 2.45) is 10.9 Å². The average Bonchev–Trinajstić information content (AvgIpc) is 2.29. The summed E-state index contributed by atoms with van der Waals surface area (Å²) in [7, 11) is 0. The number of hydrogen-bond donors (Lipinski definition) is 4. The van der Waals surface area contributed by atoms with Gasteiger partial charge in [-0.15, -0.1) is 11.6 Å². The summed E-state index contributed by atoms with van der Waals surface area (Å²) in [5, 5.41) is 28.5. The Morgan fingerprint density at radius 2 is 2.19 bits per heavy atom. The van der Waals surface area contributed by atoms with Crippen LogP contribution in [0.15, 0.2) is 5.16 Å². The van der Waals surface area contributed by atoms with Crippen LogP contribution in [0.3, 0.4) is 0 Å². The van der Waals surface area contributed by atoms with E-state index in [1.807, 2.05) is 0 Å². The fourth-order valence-electron chi connectivity index (χ4n) is 1.09. The summed E-state index contributed by atoms with van der Waals surface area (Å²) in [5.41, 5.74) is 4.04. The van der Waals surface area contributed by atoms with E-state index < -0.39 is 11.6 Å². The SMILES string of the molecule is NC(=NO)C(CCl)(CCC(=O)O)OCCO. The second-order valence-corrected chi connectivity index (χ2v) is 3.35. The molecule has 16 heavy (non-hydrogen) atoms. The van der Waals surface area contributed by atoms with Gasteiger partial charge in [0.25, 0.3) is 0 Å². The molecule has 0 saturated carbocycles. The van der Waals surface area contributed by atoms with E-state index in [1.165, 1.54) is 0 Å². The van der Waals surface area contributed by atoms with Gasteiger partial charge in [0.15, 0.2) is 5.84 Å². The first kappa shape index (κ1) is 14.9. The molecule has 94 valence electrons. The number of carboxylic acid groups (broad SMARTS) is 1. The molecule has 0 spiro atoms. The number of aliphatic hydroxyl groups excluding tert-OH is 1. The highest BCUT2D eigenvalue weighted by Crippen LogP contribution is 2.21. The highest BCUT2D eigenvalue weighted by atomic mass is 35.5. The molecule has 0 aliphatic rings. The highest BCUT2D eigenvalue weighted by molar-refractivity contribution is 6.20. The topological polar surface area (TPSA) is 125 Å². The maximum atomic E-state index is 10.5. The fourth-order valence-corrected chi connectivity index (χ4v) is 1.44. The maximum absolute atomic E-state index is 10.5. The number of hydrogen-bond acceptors (Lipinski definition) is 5. The molecule has 1 atom stereocenters. The van der Waals surface area contributed by atoms with Gasteiger partial charge in [-0.3, -0.25) is 4.79 Å². The molecule has 0 heterocycles. The molecule has 8 heteroatoms. The van der Waals surface area contributed by atoms with Gasteiger partial charge in [0, 0.05) is 6.42 Å². The number of oxime groups is 1. The Hall–Kier alpha value is -1.05. The van der Waals surface area contributed by atoms with Crippen LogP contribution in [-0.2, 0) is 9.53 Å². The molecule has 0 aliphatic heterocycles. The minimum atomic E-state index is -1.36. The molecule has 0 bridgehead atoms. The number of ether oxygens (including phenoxy) is 1. The van der Waals surface area contributed by atoms with Gasteiger partial charge < -0.3 is 25.9 Å². The molecule has 0 amide bonds. The minimum absolute atomic E-state index is 0.0400. The van der Waals surface area contributed by atoms with Crippen LogP contribution in [0.5, 0.6) is 0 Å². The standard InChI is InChI=1S/C8H15ClN2O5/c9-5-8(7(10)11-15,16-4-3-12)2-1-6(13)14/h12,15H,1-5H2,(H2,10,11)(H,13,14). The molecular formula is C8H15ClN2O5. The number of aliphatic carboxylic acids is 1. The van der Waals surface area contributed by atoms with Crippen LogP contribution in [0.2, 0.25) is 0 Å². The van der Waals surface area contributed by atoms with E-state index in [-0.39, 0.29) is 37.8 Å². The molecule has 0 aliphatic carbocycles. The van der Waals surface area contributed by atoms with Crippen molar-refractivity contribution in [3.63, 3.8) is 0 Å². The summed E-state index contributed by atoms with van der Waals surface area (Å²) < 4.78 is 5.17. The first-order valence-corrected chi connectivity index (χ1v) is 5.06. The zero-order chi connectivity index (χ0) is 12.6. The van der Waals surface area contributed by atoms with Gasteiger partial charge in [-0.25, -0.2) is 0 Å².